The summed E-state index contributed by atoms with van der Waals surface area (Å²) in [7, 11) is -4.07. The molecule has 8 heteroatoms. The van der Waals surface area contributed by atoms with Gasteiger partial charge in [0.05, 0.1) is 4.90 Å². The van der Waals surface area contributed by atoms with Gasteiger partial charge in [0.25, 0.3) is 0 Å². The van der Waals surface area contributed by atoms with Crippen LogP contribution in [0.2, 0.25) is 0 Å². The van der Waals surface area contributed by atoms with Crippen molar-refractivity contribution in [2.24, 2.45) is 5.92 Å². The summed E-state index contributed by atoms with van der Waals surface area (Å²) in [4.78, 5) is 22.7. The van der Waals surface area contributed by atoms with Gasteiger partial charge in [-0.15, -0.1) is 0 Å². The number of sulfonamides is 1. The molecule has 0 bridgehead atoms. The molecule has 0 aliphatic carbocycles. The SMILES string of the molecule is CC(=O)Nc1ccc(S(=O)(=O)NC(CC(C)C)C(=O)O)c2ccccc12. The Morgan fingerprint density at radius 1 is 1.08 bits per heavy atom. The third kappa shape index (κ3) is 4.59. The van der Waals surface area contributed by atoms with Crippen molar-refractivity contribution >= 4 is 38.4 Å². The van der Waals surface area contributed by atoms with Crippen molar-refractivity contribution < 1.29 is 23.1 Å². The fourth-order valence-electron chi connectivity index (χ4n) is 2.73. The molecule has 2 aromatic rings. The number of carboxylic acids is 1. The zero-order chi connectivity index (χ0) is 19.5. The van der Waals surface area contributed by atoms with Crippen LogP contribution in [0.4, 0.5) is 5.69 Å². The van der Waals surface area contributed by atoms with E-state index in [0.717, 1.165) is 0 Å². The second-order valence-electron chi connectivity index (χ2n) is 6.48. The number of fused-ring (bicyclic) bond motifs is 1. The van der Waals surface area contributed by atoms with E-state index >= 15 is 0 Å². The van der Waals surface area contributed by atoms with E-state index in [4.69, 9.17) is 0 Å². The number of carbonyl (C=O) groups is 2. The number of rotatable bonds is 7. The molecule has 1 atom stereocenters. The topological polar surface area (TPSA) is 113 Å². The summed E-state index contributed by atoms with van der Waals surface area (Å²) < 4.78 is 27.9. The molecule has 0 aliphatic rings. The summed E-state index contributed by atoms with van der Waals surface area (Å²) in [6.07, 6.45) is 0.177. The number of carboxylic acid groups (broad SMARTS) is 1. The molecule has 2 aromatic carbocycles. The quantitative estimate of drug-likeness (QED) is 0.685. The van der Waals surface area contributed by atoms with Crippen LogP contribution in [0.3, 0.4) is 0 Å². The zero-order valence-electron chi connectivity index (χ0n) is 14.8. The van der Waals surface area contributed by atoms with Gasteiger partial charge in [0.15, 0.2) is 0 Å². The van der Waals surface area contributed by atoms with Crippen molar-refractivity contribution in [1.82, 2.24) is 4.72 Å². The highest BCUT2D eigenvalue weighted by atomic mass is 32.2. The Hall–Kier alpha value is -2.45. The number of carbonyl (C=O) groups excluding carboxylic acids is 1. The number of anilines is 1. The molecule has 0 aliphatic heterocycles. The lowest BCUT2D eigenvalue weighted by atomic mass is 10.1. The van der Waals surface area contributed by atoms with Crippen LogP contribution in [0.25, 0.3) is 10.8 Å². The van der Waals surface area contributed by atoms with E-state index in [-0.39, 0.29) is 23.1 Å². The van der Waals surface area contributed by atoms with E-state index in [0.29, 0.717) is 16.5 Å². The van der Waals surface area contributed by atoms with Crippen molar-refractivity contribution in [2.45, 2.75) is 38.1 Å². The van der Waals surface area contributed by atoms with Crippen LogP contribution < -0.4 is 10.0 Å². The van der Waals surface area contributed by atoms with E-state index in [2.05, 4.69) is 10.0 Å². The van der Waals surface area contributed by atoms with Crippen molar-refractivity contribution in [1.29, 1.82) is 0 Å². The van der Waals surface area contributed by atoms with Crippen molar-refractivity contribution in [3.05, 3.63) is 36.4 Å². The van der Waals surface area contributed by atoms with Gasteiger partial charge >= 0.3 is 5.97 Å². The summed E-state index contributed by atoms with van der Waals surface area (Å²) in [6, 6.07) is 8.38. The van der Waals surface area contributed by atoms with Crippen LogP contribution >= 0.6 is 0 Å². The molecule has 0 saturated carbocycles. The predicted molar refractivity (Wildman–Crippen MR) is 99.5 cm³/mol. The Bertz CT molecular complexity index is 938. The first kappa shape index (κ1) is 19.9. The maximum Gasteiger partial charge on any atom is 0.321 e. The lowest BCUT2D eigenvalue weighted by Gasteiger charge is -2.18. The van der Waals surface area contributed by atoms with E-state index < -0.39 is 22.0 Å². The Kier molecular flexibility index (Phi) is 5.99. The van der Waals surface area contributed by atoms with Crippen LogP contribution in [0.1, 0.15) is 27.2 Å². The highest BCUT2D eigenvalue weighted by molar-refractivity contribution is 7.89. The molecule has 1 amide bonds. The smallest absolute Gasteiger partial charge is 0.321 e. The fourth-order valence-corrected chi connectivity index (χ4v) is 4.14. The molecule has 26 heavy (non-hydrogen) atoms. The van der Waals surface area contributed by atoms with Crippen LogP contribution in [0.5, 0.6) is 0 Å². The van der Waals surface area contributed by atoms with Gasteiger partial charge in [-0.25, -0.2) is 8.42 Å². The van der Waals surface area contributed by atoms with Gasteiger partial charge in [-0.1, -0.05) is 38.1 Å². The Morgan fingerprint density at radius 2 is 1.69 bits per heavy atom. The van der Waals surface area contributed by atoms with Crippen LogP contribution in [0, 0.1) is 5.92 Å². The van der Waals surface area contributed by atoms with Gasteiger partial charge in [-0.05, 0) is 24.5 Å². The minimum atomic E-state index is -4.07. The molecule has 2 rings (SSSR count). The molecule has 0 radical (unpaired) electrons. The average molecular weight is 378 g/mol. The Labute approximate surface area is 152 Å². The molecule has 0 fully saturated rings. The molecule has 7 nitrogen and oxygen atoms in total. The van der Waals surface area contributed by atoms with Gasteiger partial charge < -0.3 is 10.4 Å². The van der Waals surface area contributed by atoms with Gasteiger partial charge in [0.1, 0.15) is 6.04 Å². The number of hydrogen-bond acceptors (Lipinski definition) is 4. The average Bonchev–Trinajstić information content (AvgIpc) is 2.53. The maximum atomic E-state index is 12.8. The number of hydrogen-bond donors (Lipinski definition) is 3. The van der Waals surface area contributed by atoms with Gasteiger partial charge in [-0.3, -0.25) is 9.59 Å². The first-order valence-corrected chi connectivity index (χ1v) is 9.64. The second-order valence-corrected chi connectivity index (χ2v) is 8.16. The predicted octanol–water partition coefficient (Wildman–Crippen LogP) is 2.58. The Morgan fingerprint density at radius 3 is 2.23 bits per heavy atom. The summed E-state index contributed by atoms with van der Waals surface area (Å²) in [5, 5.41) is 12.9. The minimum absolute atomic E-state index is 0.0117. The molecule has 0 saturated heterocycles. The van der Waals surface area contributed by atoms with Gasteiger partial charge in [0.2, 0.25) is 15.9 Å². The normalized spacial score (nSPS) is 12.9. The molecule has 0 spiro atoms. The molecular weight excluding hydrogens is 356 g/mol. The molecule has 0 heterocycles. The summed E-state index contributed by atoms with van der Waals surface area (Å²) in [5.74, 6) is -1.48. The first-order chi connectivity index (χ1) is 12.1. The summed E-state index contributed by atoms with van der Waals surface area (Å²) in [6.45, 7) is 5.01. The molecular formula is C18H22N2O5S. The molecule has 3 N–H and O–H groups in total. The van der Waals surface area contributed by atoms with Crippen LogP contribution in [-0.2, 0) is 19.6 Å². The maximum absolute atomic E-state index is 12.8. The Balaban J connectivity index is 2.51. The summed E-state index contributed by atoms with van der Waals surface area (Å²) >= 11 is 0. The molecule has 1 unspecified atom stereocenters. The third-order valence-corrected chi connectivity index (χ3v) is 5.32. The number of benzene rings is 2. The standard InChI is InChI=1S/C18H22N2O5S/c1-11(2)10-16(18(22)23)20-26(24,25)17-9-8-15(19-12(3)21)13-6-4-5-7-14(13)17/h4-9,11,16,20H,10H2,1-3H3,(H,19,21)(H,22,23). The molecule has 0 aromatic heterocycles. The van der Waals surface area contributed by atoms with E-state index in [1.807, 2.05) is 13.8 Å². The van der Waals surface area contributed by atoms with E-state index in [9.17, 15) is 23.1 Å². The van der Waals surface area contributed by atoms with Gasteiger partial charge in [-0.2, -0.15) is 4.72 Å². The van der Waals surface area contributed by atoms with Crippen LogP contribution in [0.15, 0.2) is 41.3 Å². The number of amides is 1. The third-order valence-electron chi connectivity index (χ3n) is 3.79. The van der Waals surface area contributed by atoms with Crippen molar-refractivity contribution in [3.63, 3.8) is 0 Å². The second kappa shape index (κ2) is 7.84. The van der Waals surface area contributed by atoms with Crippen LogP contribution in [-0.4, -0.2) is 31.4 Å². The van der Waals surface area contributed by atoms with E-state index in [1.165, 1.54) is 19.1 Å². The van der Waals surface area contributed by atoms with E-state index in [1.54, 1.807) is 24.3 Å². The number of nitrogens with one attached hydrogen (secondary N) is 2. The van der Waals surface area contributed by atoms with Gasteiger partial charge in [0, 0.05) is 23.4 Å². The summed E-state index contributed by atoms with van der Waals surface area (Å²) in [5.41, 5.74) is 0.490. The lowest BCUT2D eigenvalue weighted by molar-refractivity contribution is -0.139. The minimum Gasteiger partial charge on any atom is -0.480 e. The lowest BCUT2D eigenvalue weighted by Crippen LogP contribution is -2.41. The zero-order valence-corrected chi connectivity index (χ0v) is 15.6. The first-order valence-electron chi connectivity index (χ1n) is 8.16. The monoisotopic (exact) mass is 378 g/mol. The highest BCUT2D eigenvalue weighted by Crippen LogP contribution is 2.29. The highest BCUT2D eigenvalue weighted by Gasteiger charge is 2.27. The number of aliphatic carboxylic acids is 1. The van der Waals surface area contributed by atoms with Crippen molar-refractivity contribution in [2.75, 3.05) is 5.32 Å². The molecule has 140 valence electrons. The van der Waals surface area contributed by atoms with Crippen molar-refractivity contribution in [3.8, 4) is 0 Å². The fraction of sp³-hybridized carbons (Fsp3) is 0.333. The largest absolute Gasteiger partial charge is 0.480 e.